The molecule has 0 aliphatic carbocycles. The van der Waals surface area contributed by atoms with Crippen LogP contribution < -0.4 is 11.1 Å². The molecular weight excluding hydrogens is 296 g/mol. The highest BCUT2D eigenvalue weighted by molar-refractivity contribution is 5.84. The topological polar surface area (TPSA) is 109 Å². The highest BCUT2D eigenvalue weighted by Crippen LogP contribution is 2.10. The number of rotatable bonds is 15. The lowest BCUT2D eigenvalue weighted by molar-refractivity contribution is -0.142. The van der Waals surface area contributed by atoms with Crippen molar-refractivity contribution < 1.29 is 19.5 Å². The van der Waals surface area contributed by atoms with Crippen molar-refractivity contribution in [2.45, 2.75) is 90.0 Å². The van der Waals surface area contributed by atoms with Gasteiger partial charge in [-0.05, 0) is 12.8 Å². The van der Waals surface area contributed by atoms with Crippen molar-refractivity contribution in [3.05, 3.63) is 0 Å². The van der Waals surface area contributed by atoms with E-state index in [1.165, 1.54) is 38.5 Å². The molecule has 6 heteroatoms. The van der Waals surface area contributed by atoms with Gasteiger partial charge in [0.15, 0.2) is 0 Å². The van der Waals surface area contributed by atoms with Crippen LogP contribution in [0.1, 0.15) is 84.0 Å². The van der Waals surface area contributed by atoms with Crippen molar-refractivity contribution in [2.75, 3.05) is 0 Å². The third-order valence-electron chi connectivity index (χ3n) is 3.82. The average Bonchev–Trinajstić information content (AvgIpc) is 2.49. The van der Waals surface area contributed by atoms with Crippen LogP contribution in [0.5, 0.6) is 0 Å². The molecule has 0 radical (unpaired) electrons. The van der Waals surface area contributed by atoms with Crippen LogP contribution in [0.4, 0.5) is 0 Å². The van der Waals surface area contributed by atoms with E-state index in [0.717, 1.165) is 19.3 Å². The zero-order valence-electron chi connectivity index (χ0n) is 14.3. The monoisotopic (exact) mass is 328 g/mol. The van der Waals surface area contributed by atoms with Crippen LogP contribution in [0, 0.1) is 0 Å². The number of carboxylic acid groups (broad SMARTS) is 1. The third kappa shape index (κ3) is 13.8. The Hall–Kier alpha value is -1.59. The first-order valence-electron chi connectivity index (χ1n) is 8.77. The summed E-state index contributed by atoms with van der Waals surface area (Å²) >= 11 is 0. The molecular formula is C17H32N2O4. The van der Waals surface area contributed by atoms with E-state index in [4.69, 9.17) is 10.8 Å². The van der Waals surface area contributed by atoms with E-state index in [9.17, 15) is 14.4 Å². The molecule has 0 fully saturated rings. The van der Waals surface area contributed by atoms with Gasteiger partial charge in [0, 0.05) is 12.8 Å². The fraction of sp³-hybridized carbons (Fsp3) is 0.824. The molecule has 0 rings (SSSR count). The molecule has 0 saturated carbocycles. The van der Waals surface area contributed by atoms with Crippen molar-refractivity contribution in [3.8, 4) is 0 Å². The molecule has 0 aromatic carbocycles. The first kappa shape index (κ1) is 21.4. The lowest BCUT2D eigenvalue weighted by atomic mass is 10.1. The maximum atomic E-state index is 11.7. The Bertz CT molecular complexity index is 359. The molecule has 6 nitrogen and oxygen atoms in total. The number of nitrogens with one attached hydrogen (secondary N) is 1. The second-order valence-electron chi connectivity index (χ2n) is 6.04. The first-order valence-corrected chi connectivity index (χ1v) is 8.77. The van der Waals surface area contributed by atoms with E-state index in [0.29, 0.717) is 6.42 Å². The number of carboxylic acids is 1. The zero-order chi connectivity index (χ0) is 17.5. The standard InChI is InChI=1S/C17H32N2O4/c1-2-3-4-5-6-7-8-9-10-11-16(21)19-14(17(22)23)12-13-15(18)20/h14H,2-13H2,1H3,(H2,18,20)(H,19,21)(H,22,23)/t14-/m1/s1. The van der Waals surface area contributed by atoms with Gasteiger partial charge in [-0.15, -0.1) is 0 Å². The van der Waals surface area contributed by atoms with Crippen LogP contribution in [-0.2, 0) is 14.4 Å². The van der Waals surface area contributed by atoms with Gasteiger partial charge in [0.25, 0.3) is 0 Å². The molecule has 0 spiro atoms. The summed E-state index contributed by atoms with van der Waals surface area (Å²) in [6.45, 7) is 2.20. The lowest BCUT2D eigenvalue weighted by Crippen LogP contribution is -2.41. The summed E-state index contributed by atoms with van der Waals surface area (Å²) in [6.07, 6.45) is 10.8. The van der Waals surface area contributed by atoms with Crippen LogP contribution in [-0.4, -0.2) is 28.9 Å². The lowest BCUT2D eigenvalue weighted by Gasteiger charge is -2.13. The van der Waals surface area contributed by atoms with Gasteiger partial charge in [0.05, 0.1) is 0 Å². The maximum Gasteiger partial charge on any atom is 0.326 e. The van der Waals surface area contributed by atoms with Gasteiger partial charge in [-0.1, -0.05) is 58.3 Å². The third-order valence-corrected chi connectivity index (χ3v) is 3.82. The molecule has 0 saturated heterocycles. The molecule has 2 amide bonds. The van der Waals surface area contributed by atoms with Gasteiger partial charge in [-0.25, -0.2) is 4.79 Å². The largest absolute Gasteiger partial charge is 0.480 e. The fourth-order valence-electron chi connectivity index (χ4n) is 2.41. The molecule has 0 heterocycles. The van der Waals surface area contributed by atoms with E-state index in [1.807, 2.05) is 0 Å². The predicted molar refractivity (Wildman–Crippen MR) is 89.8 cm³/mol. The Morgan fingerprint density at radius 2 is 1.43 bits per heavy atom. The van der Waals surface area contributed by atoms with Crippen molar-refractivity contribution in [1.82, 2.24) is 5.32 Å². The number of unbranched alkanes of at least 4 members (excludes halogenated alkanes) is 8. The normalized spacial score (nSPS) is 11.9. The summed E-state index contributed by atoms with van der Waals surface area (Å²) in [6, 6.07) is -1.03. The van der Waals surface area contributed by atoms with E-state index in [1.54, 1.807) is 0 Å². The van der Waals surface area contributed by atoms with E-state index < -0.39 is 17.9 Å². The molecule has 134 valence electrons. The molecule has 23 heavy (non-hydrogen) atoms. The number of carbonyl (C=O) groups excluding carboxylic acids is 2. The SMILES string of the molecule is CCCCCCCCCCCC(=O)N[C@H](CCC(N)=O)C(=O)O. The molecule has 0 unspecified atom stereocenters. The Balaban J connectivity index is 3.67. The first-order chi connectivity index (χ1) is 11.0. The van der Waals surface area contributed by atoms with Gasteiger partial charge in [0.2, 0.25) is 11.8 Å². The summed E-state index contributed by atoms with van der Waals surface area (Å²) in [7, 11) is 0. The van der Waals surface area contributed by atoms with Crippen LogP contribution in [0.15, 0.2) is 0 Å². The van der Waals surface area contributed by atoms with Crippen LogP contribution >= 0.6 is 0 Å². The second kappa shape index (κ2) is 14.0. The molecule has 0 aliphatic rings. The van der Waals surface area contributed by atoms with Gasteiger partial charge in [0.1, 0.15) is 6.04 Å². The van der Waals surface area contributed by atoms with E-state index in [-0.39, 0.29) is 18.7 Å². The van der Waals surface area contributed by atoms with Crippen molar-refractivity contribution in [2.24, 2.45) is 5.73 Å². The molecule has 0 aromatic heterocycles. The summed E-state index contributed by atoms with van der Waals surface area (Å²) in [5.74, 6) is -1.97. The minimum Gasteiger partial charge on any atom is -0.480 e. The summed E-state index contributed by atoms with van der Waals surface area (Å²) < 4.78 is 0. The molecule has 0 aromatic rings. The number of hydrogen-bond acceptors (Lipinski definition) is 3. The molecule has 4 N–H and O–H groups in total. The quantitative estimate of drug-likeness (QED) is 0.401. The average molecular weight is 328 g/mol. The Labute approximate surface area is 139 Å². The summed E-state index contributed by atoms with van der Waals surface area (Å²) in [5, 5.41) is 11.4. The molecule has 1 atom stereocenters. The smallest absolute Gasteiger partial charge is 0.326 e. The minimum atomic E-state index is -1.13. The minimum absolute atomic E-state index is 0.0359. The van der Waals surface area contributed by atoms with Gasteiger partial charge in [-0.3, -0.25) is 9.59 Å². The van der Waals surface area contributed by atoms with E-state index >= 15 is 0 Å². The highest BCUT2D eigenvalue weighted by atomic mass is 16.4. The summed E-state index contributed by atoms with van der Waals surface area (Å²) in [4.78, 5) is 33.4. The van der Waals surface area contributed by atoms with Crippen LogP contribution in [0.2, 0.25) is 0 Å². The molecule has 0 aliphatic heterocycles. The number of hydrogen-bond donors (Lipinski definition) is 3. The highest BCUT2D eigenvalue weighted by Gasteiger charge is 2.20. The number of aliphatic carboxylic acids is 1. The zero-order valence-corrected chi connectivity index (χ0v) is 14.3. The van der Waals surface area contributed by atoms with Gasteiger partial charge in [-0.2, -0.15) is 0 Å². The summed E-state index contributed by atoms with van der Waals surface area (Å²) in [5.41, 5.74) is 4.99. The van der Waals surface area contributed by atoms with Gasteiger partial charge >= 0.3 is 5.97 Å². The Kier molecular flexibility index (Phi) is 13.1. The maximum absolute atomic E-state index is 11.7. The van der Waals surface area contributed by atoms with Crippen LogP contribution in [0.25, 0.3) is 0 Å². The van der Waals surface area contributed by atoms with Crippen molar-refractivity contribution in [1.29, 1.82) is 0 Å². The number of primary amides is 1. The Morgan fingerprint density at radius 1 is 0.913 bits per heavy atom. The number of carbonyl (C=O) groups is 3. The van der Waals surface area contributed by atoms with Crippen molar-refractivity contribution >= 4 is 17.8 Å². The second-order valence-corrected chi connectivity index (χ2v) is 6.04. The van der Waals surface area contributed by atoms with Gasteiger partial charge < -0.3 is 16.2 Å². The van der Waals surface area contributed by atoms with E-state index in [2.05, 4.69) is 12.2 Å². The Morgan fingerprint density at radius 3 is 1.91 bits per heavy atom. The number of amides is 2. The number of nitrogens with two attached hydrogens (primary N) is 1. The predicted octanol–water partition coefficient (Wildman–Crippen LogP) is 2.74. The van der Waals surface area contributed by atoms with Crippen molar-refractivity contribution in [3.63, 3.8) is 0 Å². The van der Waals surface area contributed by atoms with Crippen LogP contribution in [0.3, 0.4) is 0 Å². The fourth-order valence-corrected chi connectivity index (χ4v) is 2.41. The molecule has 0 bridgehead atoms.